The van der Waals surface area contributed by atoms with Gasteiger partial charge in [0.25, 0.3) is 0 Å². The number of nitrogens with zero attached hydrogens (tertiary/aromatic N) is 1. The molecule has 0 amide bonds. The van der Waals surface area contributed by atoms with E-state index in [1.807, 2.05) is 12.3 Å². The molecule has 6 heavy (non-hydrogen) atoms. The zero-order valence-electron chi connectivity index (χ0n) is 3.00. The van der Waals surface area contributed by atoms with Gasteiger partial charge in [0.15, 0.2) is 0 Å². The first kappa shape index (κ1) is 4.60. The molecule has 0 bridgehead atoms. The fraction of sp³-hybridized carbons (Fsp3) is 0. The minimum atomic E-state index is -0.676. The molecule has 1 atom stereocenters. The maximum absolute atomic E-state index is 4.07. The van der Waals surface area contributed by atoms with Crippen molar-refractivity contribution in [3.05, 3.63) is 11.1 Å². The molecule has 0 aromatic rings. The maximum atomic E-state index is 4.07. The molecule has 1 heterocycles. The molecule has 0 aromatic heterocycles. The molecule has 32 valence electrons. The van der Waals surface area contributed by atoms with E-state index < -0.39 is 11.8 Å². The second-order valence-electron chi connectivity index (χ2n) is 0.859. The van der Waals surface area contributed by atoms with E-state index in [9.17, 15) is 0 Å². The molecule has 0 saturated heterocycles. The van der Waals surface area contributed by atoms with Crippen molar-refractivity contribution >= 4 is 31.6 Å². The van der Waals surface area contributed by atoms with E-state index in [-0.39, 0.29) is 0 Å². The number of hydrogen-bond acceptors (Lipinski definition) is 1. The van der Waals surface area contributed by atoms with Crippen LogP contribution in [-0.2, 0) is 0 Å². The van der Waals surface area contributed by atoms with Crippen LogP contribution >= 0.6 is 0 Å². The van der Waals surface area contributed by atoms with Crippen LogP contribution < -0.4 is 0 Å². The van der Waals surface area contributed by atoms with Gasteiger partial charge in [-0.15, -0.1) is 0 Å². The molecule has 1 unspecified atom stereocenters. The third kappa shape index (κ3) is 0.954. The van der Waals surface area contributed by atoms with Gasteiger partial charge in [0, 0.05) is 0 Å². The average molecular weight is 211 g/mol. The summed E-state index contributed by atoms with van der Waals surface area (Å²) in [5, 5.41) is 0. The van der Waals surface area contributed by atoms with Gasteiger partial charge in [-0.1, -0.05) is 0 Å². The first-order valence-electron chi connectivity index (χ1n) is 1.51. The van der Waals surface area contributed by atoms with Crippen LogP contribution in [0.15, 0.2) is 15.1 Å². The minimum absolute atomic E-state index is 0.676. The third-order valence-electron chi connectivity index (χ3n) is 0.446. The van der Waals surface area contributed by atoms with Crippen LogP contribution in [-0.4, -0.2) is 31.6 Å². The molecule has 1 nitrogen and oxygen atoms in total. The van der Waals surface area contributed by atoms with Crippen molar-refractivity contribution in [3.63, 3.8) is 0 Å². The van der Waals surface area contributed by atoms with Gasteiger partial charge in [0.2, 0.25) is 0 Å². The second-order valence-corrected chi connectivity index (χ2v) is 6.75. The van der Waals surface area contributed by atoms with Crippen LogP contribution in [0.1, 0.15) is 0 Å². The summed E-state index contributed by atoms with van der Waals surface area (Å²) in [6, 6.07) is 0. The van der Waals surface area contributed by atoms with Gasteiger partial charge in [-0.25, -0.2) is 0 Å². The molecule has 0 fully saturated rings. The molecular formula is C3H3NSe2. The van der Waals surface area contributed by atoms with Crippen LogP contribution in [0.2, 0.25) is 0 Å². The van der Waals surface area contributed by atoms with Gasteiger partial charge in [-0.05, 0) is 0 Å². The quantitative estimate of drug-likeness (QED) is 0.493. The van der Waals surface area contributed by atoms with E-state index in [2.05, 4.69) is 22.6 Å². The average Bonchev–Trinajstić information content (AvgIpc) is 1.86. The van der Waals surface area contributed by atoms with Gasteiger partial charge >= 0.3 is 46.7 Å². The van der Waals surface area contributed by atoms with Crippen molar-refractivity contribution in [2.75, 3.05) is 0 Å². The van der Waals surface area contributed by atoms with Gasteiger partial charge < -0.3 is 0 Å². The summed E-state index contributed by atoms with van der Waals surface area (Å²) in [7, 11) is 0. The Morgan fingerprint density at radius 2 is 2.50 bits per heavy atom. The molecule has 3 heteroatoms. The van der Waals surface area contributed by atoms with Gasteiger partial charge in [-0.3, -0.25) is 0 Å². The molecule has 1 aliphatic rings. The molecule has 0 N–H and O–H groups in total. The molecule has 0 aliphatic carbocycles. The van der Waals surface area contributed by atoms with Crippen molar-refractivity contribution in [2.45, 2.75) is 0 Å². The molecule has 1 rings (SSSR count). The predicted octanol–water partition coefficient (Wildman–Crippen LogP) is -0.177. The Labute approximate surface area is 46.9 Å². The molecule has 1 aliphatic heterocycles. The Hall–Kier alpha value is 0.449. The summed E-state index contributed by atoms with van der Waals surface area (Å²) in [5.74, 6) is 0. The Morgan fingerprint density at radius 3 is 2.67 bits per heavy atom. The van der Waals surface area contributed by atoms with E-state index >= 15 is 0 Å². The van der Waals surface area contributed by atoms with Crippen LogP contribution in [0.4, 0.5) is 0 Å². The number of allylic oxidation sites excluding steroid dienone is 1. The molecule has 0 radical (unpaired) electrons. The van der Waals surface area contributed by atoms with Crippen LogP contribution in [0.5, 0.6) is 0 Å². The Bertz CT molecular complexity index is 111. The van der Waals surface area contributed by atoms with E-state index in [1.165, 1.54) is 0 Å². The molecule has 0 saturated carbocycles. The van der Waals surface area contributed by atoms with Crippen molar-refractivity contribution in [2.24, 2.45) is 4.01 Å². The third-order valence-corrected chi connectivity index (χ3v) is 4.10. The Morgan fingerprint density at radius 1 is 1.67 bits per heavy atom. The van der Waals surface area contributed by atoms with Crippen LogP contribution in [0.25, 0.3) is 0 Å². The van der Waals surface area contributed by atoms with E-state index in [1.54, 1.807) is 0 Å². The Balaban J connectivity index is 2.86. The van der Waals surface area contributed by atoms with E-state index in [0.717, 1.165) is 0 Å². The standard InChI is InChI=1S/C3H3NSe2/c5-6-3-1-2-4-6/h1-3H. The summed E-state index contributed by atoms with van der Waals surface area (Å²) >= 11 is 2.30. The SMILES string of the molecule is [Se]=[Se]1C=CC=N1. The van der Waals surface area contributed by atoms with Gasteiger partial charge in [0.1, 0.15) is 0 Å². The summed E-state index contributed by atoms with van der Waals surface area (Å²) in [5.41, 5.74) is 0. The Kier molecular flexibility index (Phi) is 1.49. The van der Waals surface area contributed by atoms with Gasteiger partial charge in [-0.2, -0.15) is 0 Å². The number of rotatable bonds is 0. The van der Waals surface area contributed by atoms with Crippen molar-refractivity contribution in [1.82, 2.24) is 0 Å². The van der Waals surface area contributed by atoms with E-state index in [0.29, 0.717) is 0 Å². The normalized spacial score (nSPS) is 29.0. The molecular weight excluding hydrogens is 208 g/mol. The summed E-state index contributed by atoms with van der Waals surface area (Å²) in [4.78, 5) is 2.12. The zero-order valence-corrected chi connectivity index (χ0v) is 6.42. The summed E-state index contributed by atoms with van der Waals surface area (Å²) in [6.45, 7) is 0. The molecule has 0 spiro atoms. The van der Waals surface area contributed by atoms with Gasteiger partial charge in [0.05, 0.1) is 0 Å². The number of hydrogen-bond donors (Lipinski definition) is 0. The fourth-order valence-electron chi connectivity index (χ4n) is 0.233. The van der Waals surface area contributed by atoms with Crippen LogP contribution in [0.3, 0.4) is 0 Å². The monoisotopic (exact) mass is 213 g/mol. The first-order valence-corrected chi connectivity index (χ1v) is 7.60. The topological polar surface area (TPSA) is 12.4 Å². The summed E-state index contributed by atoms with van der Waals surface area (Å²) in [6.07, 6.45) is 3.84. The van der Waals surface area contributed by atoms with Crippen molar-refractivity contribution in [1.29, 1.82) is 0 Å². The second kappa shape index (κ2) is 1.94. The predicted molar refractivity (Wildman–Crippen MR) is 29.1 cm³/mol. The van der Waals surface area contributed by atoms with Crippen molar-refractivity contribution in [3.8, 4) is 0 Å². The molecule has 0 aromatic carbocycles. The van der Waals surface area contributed by atoms with E-state index in [4.69, 9.17) is 0 Å². The summed E-state index contributed by atoms with van der Waals surface area (Å²) < 4.78 is 4.07. The van der Waals surface area contributed by atoms with Crippen molar-refractivity contribution < 1.29 is 0 Å². The fourth-order valence-corrected chi connectivity index (χ4v) is 2.45. The van der Waals surface area contributed by atoms with Crippen LogP contribution in [0, 0.1) is 0 Å². The zero-order chi connectivity index (χ0) is 4.41. The first-order chi connectivity index (χ1) is 2.89.